The lowest BCUT2D eigenvalue weighted by molar-refractivity contribution is 0.100. The van der Waals surface area contributed by atoms with Crippen molar-refractivity contribution in [2.24, 2.45) is 5.73 Å². The van der Waals surface area contributed by atoms with Crippen molar-refractivity contribution in [3.8, 4) is 5.75 Å². The van der Waals surface area contributed by atoms with Gasteiger partial charge in [-0.15, -0.1) is 0 Å². The third kappa shape index (κ3) is 2.95. The van der Waals surface area contributed by atoms with Crippen molar-refractivity contribution in [3.63, 3.8) is 0 Å². The van der Waals surface area contributed by atoms with Gasteiger partial charge in [-0.05, 0) is 36.4 Å². The van der Waals surface area contributed by atoms with Crippen molar-refractivity contribution in [1.82, 2.24) is 0 Å². The van der Waals surface area contributed by atoms with Crippen LogP contribution in [0.4, 0.5) is 17.1 Å². The van der Waals surface area contributed by atoms with Crippen molar-refractivity contribution < 1.29 is 9.53 Å². The fourth-order valence-electron chi connectivity index (χ4n) is 1.76. The van der Waals surface area contributed by atoms with Crippen LogP contribution in [0.15, 0.2) is 36.4 Å². The highest BCUT2D eigenvalue weighted by Crippen LogP contribution is 2.29. The second-order valence-corrected chi connectivity index (χ2v) is 4.55. The molecule has 0 saturated heterocycles. The number of halogens is 1. The van der Waals surface area contributed by atoms with Crippen LogP contribution >= 0.6 is 11.6 Å². The third-order valence-electron chi connectivity index (χ3n) is 2.76. The number of benzene rings is 2. The summed E-state index contributed by atoms with van der Waals surface area (Å²) in [6, 6.07) is 10.2. The van der Waals surface area contributed by atoms with E-state index in [1.165, 1.54) is 0 Å². The molecule has 0 saturated carbocycles. The highest BCUT2D eigenvalue weighted by Gasteiger charge is 2.07. The van der Waals surface area contributed by atoms with Gasteiger partial charge in [0, 0.05) is 17.1 Å². The summed E-state index contributed by atoms with van der Waals surface area (Å²) in [5.41, 5.74) is 13.0. The van der Waals surface area contributed by atoms with Gasteiger partial charge in [0.2, 0.25) is 0 Å². The number of hydrogen-bond acceptors (Lipinski definition) is 4. The first kappa shape index (κ1) is 14.0. The molecule has 2 rings (SSSR count). The van der Waals surface area contributed by atoms with E-state index in [4.69, 9.17) is 27.8 Å². The molecule has 0 unspecified atom stereocenters. The monoisotopic (exact) mass is 291 g/mol. The molecule has 104 valence electrons. The Morgan fingerprint density at radius 3 is 2.45 bits per heavy atom. The molecule has 0 spiro atoms. The Bertz CT molecular complexity index is 659. The van der Waals surface area contributed by atoms with Gasteiger partial charge in [0.15, 0.2) is 0 Å². The Morgan fingerprint density at radius 1 is 1.20 bits per heavy atom. The number of hydrogen-bond donors (Lipinski definition) is 3. The van der Waals surface area contributed by atoms with Crippen LogP contribution in [0.2, 0.25) is 5.02 Å². The van der Waals surface area contributed by atoms with Crippen molar-refractivity contribution in [1.29, 1.82) is 0 Å². The van der Waals surface area contributed by atoms with E-state index < -0.39 is 5.91 Å². The largest absolute Gasteiger partial charge is 0.495 e. The average Bonchev–Trinajstić information content (AvgIpc) is 2.41. The van der Waals surface area contributed by atoms with Gasteiger partial charge in [0.25, 0.3) is 5.91 Å². The van der Waals surface area contributed by atoms with Crippen molar-refractivity contribution >= 4 is 34.6 Å². The lowest BCUT2D eigenvalue weighted by atomic mass is 10.1. The Labute approximate surface area is 121 Å². The number of amides is 1. The minimum Gasteiger partial charge on any atom is -0.495 e. The molecule has 0 atom stereocenters. The first-order valence-corrected chi connectivity index (χ1v) is 6.19. The molecule has 0 aliphatic carbocycles. The summed E-state index contributed by atoms with van der Waals surface area (Å²) in [5.74, 6) is 0.0197. The Morgan fingerprint density at radius 2 is 1.85 bits per heavy atom. The number of nitrogens with two attached hydrogens (primary N) is 2. The summed E-state index contributed by atoms with van der Waals surface area (Å²) in [6.45, 7) is 0. The van der Waals surface area contributed by atoms with Gasteiger partial charge in [0.05, 0.1) is 17.7 Å². The highest BCUT2D eigenvalue weighted by molar-refractivity contribution is 6.32. The smallest absolute Gasteiger partial charge is 0.250 e. The van der Waals surface area contributed by atoms with Crippen LogP contribution in [-0.2, 0) is 0 Å². The van der Waals surface area contributed by atoms with E-state index in [9.17, 15) is 4.79 Å². The van der Waals surface area contributed by atoms with Gasteiger partial charge >= 0.3 is 0 Å². The molecule has 5 nitrogen and oxygen atoms in total. The Balaban J connectivity index is 2.28. The maximum Gasteiger partial charge on any atom is 0.250 e. The molecular weight excluding hydrogens is 278 g/mol. The van der Waals surface area contributed by atoms with Crippen LogP contribution in [-0.4, -0.2) is 13.0 Å². The fraction of sp³-hybridized carbons (Fsp3) is 0.0714. The molecule has 0 aromatic heterocycles. The van der Waals surface area contributed by atoms with Gasteiger partial charge in [-0.2, -0.15) is 0 Å². The predicted molar refractivity (Wildman–Crippen MR) is 80.7 cm³/mol. The van der Waals surface area contributed by atoms with E-state index in [-0.39, 0.29) is 5.56 Å². The third-order valence-corrected chi connectivity index (χ3v) is 3.05. The number of nitrogens with one attached hydrogen (secondary N) is 1. The van der Waals surface area contributed by atoms with Crippen LogP contribution < -0.4 is 21.5 Å². The first-order valence-electron chi connectivity index (χ1n) is 5.81. The molecule has 0 aliphatic heterocycles. The van der Waals surface area contributed by atoms with E-state index in [2.05, 4.69) is 5.32 Å². The van der Waals surface area contributed by atoms with Crippen LogP contribution in [0.1, 0.15) is 10.4 Å². The zero-order valence-electron chi connectivity index (χ0n) is 10.8. The van der Waals surface area contributed by atoms with Gasteiger partial charge in [-0.1, -0.05) is 11.6 Å². The molecule has 2 aromatic carbocycles. The molecule has 20 heavy (non-hydrogen) atoms. The topological polar surface area (TPSA) is 90.4 Å². The molecule has 2 aromatic rings. The number of anilines is 3. The van der Waals surface area contributed by atoms with Crippen molar-refractivity contribution in [2.45, 2.75) is 0 Å². The quantitative estimate of drug-likeness (QED) is 0.756. The normalized spacial score (nSPS) is 10.1. The number of methoxy groups -OCH3 is 1. The van der Waals surface area contributed by atoms with E-state index >= 15 is 0 Å². The number of rotatable bonds is 4. The van der Waals surface area contributed by atoms with E-state index in [0.29, 0.717) is 22.1 Å². The first-order chi connectivity index (χ1) is 9.51. The maximum atomic E-state index is 11.2. The number of nitrogen functional groups attached to an aromatic ring is 1. The summed E-state index contributed by atoms with van der Waals surface area (Å²) >= 11 is 6.04. The molecule has 0 radical (unpaired) electrons. The minimum absolute atomic E-state index is 0.273. The fourth-order valence-corrected chi connectivity index (χ4v) is 2.02. The molecular formula is C14H14ClN3O2. The van der Waals surface area contributed by atoms with Crippen LogP contribution in [0.3, 0.4) is 0 Å². The van der Waals surface area contributed by atoms with Gasteiger partial charge in [-0.3, -0.25) is 4.79 Å². The summed E-state index contributed by atoms with van der Waals surface area (Å²) in [6.07, 6.45) is 0. The predicted octanol–water partition coefficient (Wildman–Crippen LogP) is 2.77. The standard InChI is InChI=1S/C14H14ClN3O2/c1-20-13-5-3-9(7-11(13)15)18-8-2-4-12(16)10(6-8)14(17)19/h2-7,18H,16H2,1H3,(H2,17,19). The van der Waals surface area contributed by atoms with Crippen LogP contribution in [0.25, 0.3) is 0 Å². The lowest BCUT2D eigenvalue weighted by Crippen LogP contribution is -2.13. The summed E-state index contributed by atoms with van der Waals surface area (Å²) in [5, 5.41) is 3.60. The van der Waals surface area contributed by atoms with Crippen LogP contribution in [0, 0.1) is 0 Å². The number of carbonyl (C=O) groups is 1. The number of carbonyl (C=O) groups excluding carboxylic acids is 1. The molecule has 0 aliphatic rings. The zero-order valence-corrected chi connectivity index (χ0v) is 11.6. The summed E-state index contributed by atoms with van der Waals surface area (Å²) < 4.78 is 5.08. The molecule has 5 N–H and O–H groups in total. The summed E-state index contributed by atoms with van der Waals surface area (Å²) in [7, 11) is 1.55. The molecule has 0 heterocycles. The Hall–Kier alpha value is -2.40. The van der Waals surface area contributed by atoms with Crippen LogP contribution in [0.5, 0.6) is 5.75 Å². The molecule has 1 amide bonds. The Kier molecular flexibility index (Phi) is 4.00. The van der Waals surface area contributed by atoms with Crippen molar-refractivity contribution in [2.75, 3.05) is 18.2 Å². The second-order valence-electron chi connectivity index (χ2n) is 4.14. The average molecular weight is 292 g/mol. The zero-order chi connectivity index (χ0) is 14.7. The lowest BCUT2D eigenvalue weighted by Gasteiger charge is -2.10. The van der Waals surface area contributed by atoms with Gasteiger partial charge < -0.3 is 21.5 Å². The number of ether oxygens (including phenoxy) is 1. The molecule has 6 heteroatoms. The van der Waals surface area contributed by atoms with Gasteiger partial charge in [0.1, 0.15) is 5.75 Å². The van der Waals surface area contributed by atoms with Gasteiger partial charge in [-0.25, -0.2) is 0 Å². The maximum absolute atomic E-state index is 11.2. The molecule has 0 fully saturated rings. The highest BCUT2D eigenvalue weighted by atomic mass is 35.5. The summed E-state index contributed by atoms with van der Waals surface area (Å²) in [4.78, 5) is 11.2. The SMILES string of the molecule is COc1ccc(Nc2ccc(N)c(C(N)=O)c2)cc1Cl. The van der Waals surface area contributed by atoms with E-state index in [1.54, 1.807) is 37.4 Å². The minimum atomic E-state index is -0.570. The molecule has 0 bridgehead atoms. The van der Waals surface area contributed by atoms with Crippen molar-refractivity contribution in [3.05, 3.63) is 47.0 Å². The number of primary amides is 1. The van der Waals surface area contributed by atoms with E-state index in [0.717, 1.165) is 5.69 Å². The van der Waals surface area contributed by atoms with E-state index in [1.807, 2.05) is 6.07 Å². The second kappa shape index (κ2) is 5.71.